The summed E-state index contributed by atoms with van der Waals surface area (Å²) in [5, 5.41) is 0. The molecular weight excluding hydrogens is 498 g/mol. The number of hydrogen-bond donors (Lipinski definition) is 0. The van der Waals surface area contributed by atoms with Crippen molar-refractivity contribution in [2.45, 2.75) is 45.6 Å². The van der Waals surface area contributed by atoms with Gasteiger partial charge in [-0.1, -0.05) is 42.9 Å². The molecule has 2 amide bonds. The number of piperazine rings is 1. The van der Waals surface area contributed by atoms with E-state index in [1.165, 1.54) is 16.2 Å². The first kappa shape index (κ1) is 24.8. The van der Waals surface area contributed by atoms with Crippen LogP contribution in [0.25, 0.3) is 11.7 Å². The molecule has 0 radical (unpaired) electrons. The van der Waals surface area contributed by atoms with Crippen molar-refractivity contribution in [2.75, 3.05) is 37.7 Å². The van der Waals surface area contributed by atoms with Crippen LogP contribution in [0.4, 0.5) is 10.6 Å². The molecule has 11 heteroatoms. The van der Waals surface area contributed by atoms with Gasteiger partial charge in [-0.05, 0) is 44.4 Å². The number of thioether (sulfide) groups is 1. The summed E-state index contributed by atoms with van der Waals surface area (Å²) < 4.78 is 7.20. The molecule has 0 N–H and O–H groups in total. The van der Waals surface area contributed by atoms with E-state index in [0.717, 1.165) is 31.2 Å². The van der Waals surface area contributed by atoms with Crippen LogP contribution in [0, 0.1) is 6.92 Å². The van der Waals surface area contributed by atoms with Crippen molar-refractivity contribution < 1.29 is 14.3 Å². The smallest absolute Gasteiger partial charge is 0.409 e. The second-order valence-corrected chi connectivity index (χ2v) is 10.9. The highest BCUT2D eigenvalue weighted by molar-refractivity contribution is 8.26. The Kier molecular flexibility index (Phi) is 7.03. The summed E-state index contributed by atoms with van der Waals surface area (Å²) in [5.74, 6) is 0.377. The van der Waals surface area contributed by atoms with Crippen LogP contribution in [0.3, 0.4) is 0 Å². The van der Waals surface area contributed by atoms with E-state index in [-0.39, 0.29) is 23.6 Å². The van der Waals surface area contributed by atoms with Gasteiger partial charge in [-0.15, -0.1) is 0 Å². The van der Waals surface area contributed by atoms with Gasteiger partial charge in [0, 0.05) is 38.4 Å². The van der Waals surface area contributed by atoms with Gasteiger partial charge >= 0.3 is 6.09 Å². The number of aryl methyl sites for hydroxylation is 1. The normalized spacial score (nSPS) is 20.3. The van der Waals surface area contributed by atoms with E-state index < -0.39 is 0 Å². The molecule has 4 heterocycles. The summed E-state index contributed by atoms with van der Waals surface area (Å²) in [5.41, 5.74) is 1.58. The predicted octanol–water partition coefficient (Wildman–Crippen LogP) is 3.43. The Morgan fingerprint density at radius 1 is 1.19 bits per heavy atom. The monoisotopic (exact) mass is 527 g/mol. The minimum Gasteiger partial charge on any atom is -0.450 e. The molecule has 36 heavy (non-hydrogen) atoms. The van der Waals surface area contributed by atoms with Crippen molar-refractivity contribution in [2.24, 2.45) is 0 Å². The van der Waals surface area contributed by atoms with E-state index in [1.807, 2.05) is 24.0 Å². The van der Waals surface area contributed by atoms with Gasteiger partial charge in [0.15, 0.2) is 0 Å². The van der Waals surface area contributed by atoms with Crippen LogP contribution in [0.2, 0.25) is 0 Å². The first-order valence-electron chi connectivity index (χ1n) is 12.3. The molecule has 3 aliphatic rings. The van der Waals surface area contributed by atoms with Gasteiger partial charge in [-0.3, -0.25) is 18.9 Å². The van der Waals surface area contributed by atoms with Crippen molar-refractivity contribution >= 4 is 57.8 Å². The van der Waals surface area contributed by atoms with Crippen molar-refractivity contribution in [3.63, 3.8) is 0 Å². The van der Waals surface area contributed by atoms with Gasteiger partial charge in [-0.2, -0.15) is 0 Å². The zero-order valence-corrected chi connectivity index (χ0v) is 22.1. The molecule has 2 aromatic rings. The summed E-state index contributed by atoms with van der Waals surface area (Å²) in [6.07, 6.45) is 7.18. The van der Waals surface area contributed by atoms with Crippen LogP contribution in [-0.2, 0) is 9.53 Å². The quantitative estimate of drug-likeness (QED) is 0.442. The largest absolute Gasteiger partial charge is 0.450 e. The number of pyridine rings is 1. The third-order valence-corrected chi connectivity index (χ3v) is 8.21. The Morgan fingerprint density at radius 3 is 2.61 bits per heavy atom. The second-order valence-electron chi connectivity index (χ2n) is 9.25. The van der Waals surface area contributed by atoms with Crippen molar-refractivity contribution in [1.29, 1.82) is 0 Å². The highest BCUT2D eigenvalue weighted by Gasteiger charge is 2.38. The fraction of sp³-hybridized carbons (Fsp3) is 0.480. The number of nitrogens with zero attached hydrogens (tertiary/aromatic N) is 5. The zero-order chi connectivity index (χ0) is 25.4. The molecule has 3 fully saturated rings. The average molecular weight is 528 g/mol. The Balaban J connectivity index is 1.53. The van der Waals surface area contributed by atoms with Gasteiger partial charge in [0.25, 0.3) is 11.5 Å². The lowest BCUT2D eigenvalue weighted by Crippen LogP contribution is -2.49. The number of amides is 2. The molecule has 1 saturated carbocycles. The molecule has 2 aliphatic heterocycles. The minimum atomic E-state index is -0.338. The van der Waals surface area contributed by atoms with Crippen LogP contribution in [-0.4, -0.2) is 74.3 Å². The van der Waals surface area contributed by atoms with Crippen LogP contribution < -0.4 is 10.5 Å². The number of carbonyl (C=O) groups excluding carboxylic acids is 2. The van der Waals surface area contributed by atoms with Crippen molar-refractivity contribution in [3.05, 3.63) is 44.7 Å². The first-order chi connectivity index (χ1) is 17.4. The maximum absolute atomic E-state index is 13.7. The van der Waals surface area contributed by atoms with Crippen LogP contribution in [0.5, 0.6) is 0 Å². The SMILES string of the molecule is CCOC(=O)N1CCN(c2nc3ccc(C)cn3c(=O)c2/C=C2/SC(=S)N(C3CCCC3)C2=O)CC1. The number of thiocarbonyl (C=S) groups is 1. The molecule has 0 unspecified atom stereocenters. The van der Waals surface area contributed by atoms with Gasteiger partial charge in [0.2, 0.25) is 0 Å². The number of aromatic nitrogens is 2. The van der Waals surface area contributed by atoms with Crippen molar-refractivity contribution in [1.82, 2.24) is 19.2 Å². The van der Waals surface area contributed by atoms with E-state index in [1.54, 1.807) is 29.0 Å². The Labute approximate surface area is 219 Å². The fourth-order valence-corrected chi connectivity index (χ4v) is 6.40. The third-order valence-electron chi connectivity index (χ3n) is 6.88. The fourth-order valence-electron chi connectivity index (χ4n) is 5.02. The number of ether oxygens (including phenoxy) is 1. The molecule has 0 bridgehead atoms. The van der Waals surface area contributed by atoms with E-state index in [2.05, 4.69) is 0 Å². The zero-order valence-electron chi connectivity index (χ0n) is 20.4. The van der Waals surface area contributed by atoms with Gasteiger partial charge in [0.1, 0.15) is 15.8 Å². The van der Waals surface area contributed by atoms with Gasteiger partial charge in [-0.25, -0.2) is 9.78 Å². The Bertz CT molecular complexity index is 1310. The van der Waals surface area contributed by atoms with E-state index in [0.29, 0.717) is 59.0 Å². The van der Waals surface area contributed by atoms with Crippen LogP contribution >= 0.6 is 24.0 Å². The molecule has 1 aliphatic carbocycles. The number of fused-ring (bicyclic) bond motifs is 1. The lowest BCUT2D eigenvalue weighted by molar-refractivity contribution is -0.123. The van der Waals surface area contributed by atoms with E-state index >= 15 is 0 Å². The lowest BCUT2D eigenvalue weighted by Gasteiger charge is -2.35. The molecule has 0 atom stereocenters. The summed E-state index contributed by atoms with van der Waals surface area (Å²) >= 11 is 6.81. The van der Waals surface area contributed by atoms with Crippen molar-refractivity contribution in [3.8, 4) is 0 Å². The third kappa shape index (κ3) is 4.61. The summed E-state index contributed by atoms with van der Waals surface area (Å²) in [7, 11) is 0. The summed E-state index contributed by atoms with van der Waals surface area (Å²) in [4.78, 5) is 49.9. The maximum atomic E-state index is 13.7. The number of anilines is 1. The van der Waals surface area contributed by atoms with Gasteiger partial charge < -0.3 is 14.5 Å². The molecule has 2 aromatic heterocycles. The topological polar surface area (TPSA) is 87.5 Å². The number of rotatable bonds is 4. The van der Waals surface area contributed by atoms with E-state index in [4.69, 9.17) is 21.9 Å². The Hall–Kier alpha value is -2.92. The first-order valence-corrected chi connectivity index (χ1v) is 13.6. The van der Waals surface area contributed by atoms with Gasteiger partial charge in [0.05, 0.1) is 17.1 Å². The minimum absolute atomic E-state index is 0.135. The molecule has 0 spiro atoms. The van der Waals surface area contributed by atoms with Crippen LogP contribution in [0.15, 0.2) is 28.0 Å². The molecule has 2 saturated heterocycles. The van der Waals surface area contributed by atoms with E-state index in [9.17, 15) is 14.4 Å². The predicted molar refractivity (Wildman–Crippen MR) is 144 cm³/mol. The highest BCUT2D eigenvalue weighted by Crippen LogP contribution is 2.38. The molecule has 5 rings (SSSR count). The lowest BCUT2D eigenvalue weighted by atomic mass is 10.2. The average Bonchev–Trinajstić information content (AvgIpc) is 3.49. The summed E-state index contributed by atoms with van der Waals surface area (Å²) in [6.45, 7) is 5.93. The molecule has 9 nitrogen and oxygen atoms in total. The standard InChI is InChI=1S/C25H29N5O4S2/c1-3-34-24(33)28-12-10-27(11-13-28)21-18(22(31)29-15-16(2)8-9-20(29)26-21)14-19-23(32)30(25(35)36-19)17-6-4-5-7-17/h8-9,14-15,17H,3-7,10-13H2,1-2H3/b19-14+. The highest BCUT2D eigenvalue weighted by atomic mass is 32.2. The maximum Gasteiger partial charge on any atom is 0.409 e. The molecule has 190 valence electrons. The Morgan fingerprint density at radius 2 is 1.92 bits per heavy atom. The molecular formula is C25H29N5O4S2. The molecule has 0 aromatic carbocycles. The second kappa shape index (κ2) is 10.2. The number of hydrogen-bond acceptors (Lipinski definition) is 8. The number of carbonyl (C=O) groups is 2. The summed E-state index contributed by atoms with van der Waals surface area (Å²) in [6, 6.07) is 3.87. The van der Waals surface area contributed by atoms with Crippen LogP contribution in [0.1, 0.15) is 43.7 Å².